The van der Waals surface area contributed by atoms with Crippen LogP contribution in [0.2, 0.25) is 0 Å². The number of phosphoric acid groups is 1. The minimum absolute atomic E-state index is 0. The average molecular weight is 535 g/mol. The van der Waals surface area contributed by atoms with Crippen LogP contribution in [-0.2, 0) is 38.7 Å². The SMILES string of the molecule is C1=Cc2cc3ccc(cc4nc(cc5ccc(cc1n2)[nH]5)C=C4)[nH]3.O=P(O)(O)O.[Cu].[Cu]. The fraction of sp³-hybridized carbons (Fsp3) is 0. The largest absolute Gasteiger partial charge is 0.466 e. The summed E-state index contributed by atoms with van der Waals surface area (Å²) in [5.74, 6) is 0. The van der Waals surface area contributed by atoms with Gasteiger partial charge >= 0.3 is 7.82 Å². The Morgan fingerprint density at radius 3 is 1.03 bits per heavy atom. The number of aromatic amines is 2. The van der Waals surface area contributed by atoms with Crippen molar-refractivity contribution in [2.45, 2.75) is 0 Å². The molecule has 0 atom stereocenters. The predicted octanol–water partition coefficient (Wildman–Crippen LogP) is 3.72. The van der Waals surface area contributed by atoms with Crippen molar-refractivity contribution in [3.8, 4) is 0 Å². The van der Waals surface area contributed by atoms with Gasteiger partial charge in [0.1, 0.15) is 0 Å². The number of nitrogens with one attached hydrogen (secondary N) is 2. The minimum atomic E-state index is -4.64. The fourth-order valence-electron chi connectivity index (χ4n) is 2.94. The molecule has 5 heterocycles. The first-order valence-electron chi connectivity index (χ1n) is 8.63. The number of H-pyrrole nitrogens is 2. The molecule has 0 aliphatic carbocycles. The predicted molar refractivity (Wildman–Crippen MR) is 113 cm³/mol. The van der Waals surface area contributed by atoms with Crippen LogP contribution in [0.1, 0.15) is 22.8 Å². The summed E-state index contributed by atoms with van der Waals surface area (Å²) in [5.41, 5.74) is 7.86. The summed E-state index contributed by atoms with van der Waals surface area (Å²) in [4.78, 5) is 37.6. The summed E-state index contributed by atoms with van der Waals surface area (Å²) in [7, 11) is -4.64. The van der Waals surface area contributed by atoms with E-state index in [-0.39, 0.29) is 34.1 Å². The van der Waals surface area contributed by atoms with E-state index in [0.29, 0.717) is 0 Å². The van der Waals surface area contributed by atoms with E-state index in [4.69, 9.17) is 19.2 Å². The summed E-state index contributed by atoms with van der Waals surface area (Å²) in [5, 5.41) is 0. The molecule has 168 valence electrons. The third-order valence-corrected chi connectivity index (χ3v) is 4.04. The molecule has 0 unspecified atom stereocenters. The number of aromatic nitrogens is 4. The number of fused-ring (bicyclic) bond motifs is 8. The van der Waals surface area contributed by atoms with Crippen molar-refractivity contribution in [2.24, 2.45) is 0 Å². The second-order valence-corrected chi connectivity index (χ2v) is 7.44. The van der Waals surface area contributed by atoms with E-state index >= 15 is 0 Å². The zero-order valence-electron chi connectivity index (χ0n) is 15.6. The van der Waals surface area contributed by atoms with Gasteiger partial charge in [-0.2, -0.15) is 0 Å². The van der Waals surface area contributed by atoms with Gasteiger partial charge in [-0.25, -0.2) is 14.5 Å². The Kier molecular flexibility index (Phi) is 8.37. The van der Waals surface area contributed by atoms with Crippen molar-refractivity contribution in [2.75, 3.05) is 0 Å². The summed E-state index contributed by atoms with van der Waals surface area (Å²) in [6.07, 6.45) is 8.09. The van der Waals surface area contributed by atoms with Crippen LogP contribution in [0.3, 0.4) is 0 Å². The Bertz CT molecular complexity index is 1160. The molecular formula is C20H17Cu2N4O4P. The summed E-state index contributed by atoms with van der Waals surface area (Å²) in [6, 6.07) is 16.4. The Morgan fingerprint density at radius 2 is 0.806 bits per heavy atom. The second-order valence-electron chi connectivity index (χ2n) is 6.42. The summed E-state index contributed by atoms with van der Waals surface area (Å²) in [6.45, 7) is 0. The maximum atomic E-state index is 8.88. The van der Waals surface area contributed by atoms with Gasteiger partial charge in [0.2, 0.25) is 0 Å². The summed E-state index contributed by atoms with van der Waals surface area (Å²) >= 11 is 0. The first-order valence-corrected chi connectivity index (χ1v) is 10.2. The van der Waals surface area contributed by atoms with Gasteiger partial charge in [0.05, 0.1) is 22.8 Å². The Balaban J connectivity index is 0.000000443. The van der Waals surface area contributed by atoms with Crippen molar-refractivity contribution in [1.82, 2.24) is 19.9 Å². The molecule has 0 fully saturated rings. The van der Waals surface area contributed by atoms with Crippen LogP contribution in [0, 0.1) is 0 Å². The van der Waals surface area contributed by atoms with E-state index in [0.717, 1.165) is 44.8 Å². The van der Waals surface area contributed by atoms with Crippen LogP contribution < -0.4 is 0 Å². The molecule has 5 rings (SSSR count). The normalized spacial score (nSPS) is 11.7. The number of hydrogen-bond donors (Lipinski definition) is 5. The number of rotatable bonds is 0. The molecule has 8 bridgehead atoms. The van der Waals surface area contributed by atoms with Crippen molar-refractivity contribution in [3.63, 3.8) is 0 Å². The number of hydrogen-bond acceptors (Lipinski definition) is 3. The molecule has 2 aliphatic heterocycles. The molecule has 0 amide bonds. The van der Waals surface area contributed by atoms with Crippen LogP contribution in [0.25, 0.3) is 46.4 Å². The quantitative estimate of drug-likeness (QED) is 0.152. The molecule has 0 saturated heterocycles. The van der Waals surface area contributed by atoms with Gasteiger partial charge in [-0.15, -0.1) is 0 Å². The Morgan fingerprint density at radius 1 is 0.581 bits per heavy atom. The van der Waals surface area contributed by atoms with Crippen molar-refractivity contribution >= 4 is 54.2 Å². The third kappa shape index (κ3) is 7.43. The maximum absolute atomic E-state index is 8.88. The van der Waals surface area contributed by atoms with Crippen LogP contribution in [0.15, 0.2) is 48.5 Å². The van der Waals surface area contributed by atoms with Crippen LogP contribution >= 0.6 is 7.82 Å². The van der Waals surface area contributed by atoms with Gasteiger partial charge in [0.15, 0.2) is 0 Å². The molecule has 8 nitrogen and oxygen atoms in total. The molecule has 5 N–H and O–H groups in total. The molecule has 11 heteroatoms. The van der Waals surface area contributed by atoms with Crippen LogP contribution in [-0.4, -0.2) is 34.6 Å². The molecule has 2 aliphatic rings. The molecule has 3 aromatic rings. The standard InChI is InChI=1S/C20H14N4.2Cu.H3O4P/c1-2-14-10-16-5-6-18(23-16)12-20-8-7-19(24-20)11-17-4-3-15(22-17)9-13(1)21-14;;;1-5(2,3)4/h1-12,21,24H;;;(H3,1,2,3,4). The molecule has 0 aromatic carbocycles. The maximum Gasteiger partial charge on any atom is 0.466 e. The molecular weight excluding hydrogens is 518 g/mol. The fourth-order valence-corrected chi connectivity index (χ4v) is 2.94. The van der Waals surface area contributed by atoms with Gasteiger partial charge in [0.25, 0.3) is 0 Å². The number of nitrogens with zero attached hydrogens (tertiary/aromatic N) is 2. The smallest absolute Gasteiger partial charge is 0.355 e. The van der Waals surface area contributed by atoms with Crippen LogP contribution in [0.5, 0.6) is 0 Å². The van der Waals surface area contributed by atoms with E-state index in [1.165, 1.54) is 0 Å². The first-order chi connectivity index (χ1) is 13.8. The molecule has 31 heavy (non-hydrogen) atoms. The van der Waals surface area contributed by atoms with Gasteiger partial charge in [-0.05, 0) is 72.8 Å². The minimum Gasteiger partial charge on any atom is -0.355 e. The molecule has 3 aromatic heterocycles. The van der Waals surface area contributed by atoms with Gasteiger partial charge in [-0.3, -0.25) is 0 Å². The second kappa shape index (κ2) is 10.4. The first kappa shape index (κ1) is 25.0. The van der Waals surface area contributed by atoms with Crippen molar-refractivity contribution in [1.29, 1.82) is 0 Å². The average Bonchev–Trinajstić information content (AvgIpc) is 3.38. The zero-order valence-corrected chi connectivity index (χ0v) is 18.4. The van der Waals surface area contributed by atoms with Crippen molar-refractivity contribution < 1.29 is 53.4 Å². The summed E-state index contributed by atoms with van der Waals surface area (Å²) < 4.78 is 8.88. The Labute approximate surface area is 198 Å². The third-order valence-electron chi connectivity index (χ3n) is 4.04. The topological polar surface area (TPSA) is 135 Å². The van der Waals surface area contributed by atoms with Crippen molar-refractivity contribution in [3.05, 3.63) is 71.3 Å². The van der Waals surface area contributed by atoms with E-state index < -0.39 is 7.82 Å². The molecule has 0 saturated carbocycles. The van der Waals surface area contributed by atoms with E-state index in [1.54, 1.807) is 0 Å². The molecule has 0 spiro atoms. The monoisotopic (exact) mass is 534 g/mol. The van der Waals surface area contributed by atoms with E-state index in [9.17, 15) is 0 Å². The van der Waals surface area contributed by atoms with E-state index in [2.05, 4.69) is 44.2 Å². The molecule has 2 radical (unpaired) electrons. The Hall–Kier alpha value is -2.25. The van der Waals surface area contributed by atoms with Crippen LogP contribution in [0.4, 0.5) is 0 Å². The van der Waals surface area contributed by atoms with Gasteiger partial charge < -0.3 is 24.6 Å². The van der Waals surface area contributed by atoms with Gasteiger partial charge in [0, 0.05) is 56.2 Å². The van der Waals surface area contributed by atoms with E-state index in [1.807, 2.05) is 48.6 Å². The zero-order chi connectivity index (χ0) is 20.4. The van der Waals surface area contributed by atoms with Gasteiger partial charge in [-0.1, -0.05) is 0 Å².